The van der Waals surface area contributed by atoms with Crippen molar-refractivity contribution in [2.75, 3.05) is 31.0 Å². The van der Waals surface area contributed by atoms with E-state index >= 15 is 0 Å². The molecule has 1 heterocycles. The average Bonchev–Trinajstić information content (AvgIpc) is 3.09. The first-order chi connectivity index (χ1) is 16.0. The molecule has 0 fully saturated rings. The molecule has 1 aliphatic heterocycles. The number of hydrogen-bond acceptors (Lipinski definition) is 6. The van der Waals surface area contributed by atoms with Gasteiger partial charge < -0.3 is 19.5 Å². The fourth-order valence-electron chi connectivity index (χ4n) is 3.62. The first-order valence-electron chi connectivity index (χ1n) is 10.3. The van der Waals surface area contributed by atoms with Crippen LogP contribution in [0.1, 0.15) is 38.0 Å². The number of nitrogens with zero attached hydrogens (tertiary/aromatic N) is 1. The van der Waals surface area contributed by atoms with Gasteiger partial charge in [0.15, 0.2) is 0 Å². The van der Waals surface area contributed by atoms with E-state index in [4.69, 9.17) is 14.2 Å². The summed E-state index contributed by atoms with van der Waals surface area (Å²) in [5, 5.41) is 2.77. The minimum atomic E-state index is -0.515. The van der Waals surface area contributed by atoms with Crippen molar-refractivity contribution >= 4 is 29.1 Å². The Hall–Kier alpha value is -4.33. The number of hydrogen-bond donors (Lipinski definition) is 1. The Morgan fingerprint density at radius 2 is 1.64 bits per heavy atom. The summed E-state index contributed by atoms with van der Waals surface area (Å²) >= 11 is 0. The number of imide groups is 1. The van der Waals surface area contributed by atoms with E-state index in [1.165, 1.54) is 32.4 Å². The van der Waals surface area contributed by atoms with E-state index in [0.717, 1.165) is 4.90 Å². The Bertz CT molecular complexity index is 1250. The number of nitrogens with one attached hydrogen (secondary N) is 1. The molecule has 0 spiro atoms. The summed E-state index contributed by atoms with van der Waals surface area (Å²) in [6.07, 6.45) is 0. The van der Waals surface area contributed by atoms with Crippen LogP contribution in [0.3, 0.4) is 0 Å². The van der Waals surface area contributed by atoms with E-state index in [0.29, 0.717) is 35.2 Å². The van der Waals surface area contributed by atoms with Gasteiger partial charge >= 0.3 is 0 Å². The fourth-order valence-corrected chi connectivity index (χ4v) is 3.62. The molecule has 0 unspecified atom stereocenters. The van der Waals surface area contributed by atoms with Gasteiger partial charge in [0.05, 0.1) is 43.3 Å². The molecule has 0 bridgehead atoms. The monoisotopic (exact) mass is 446 g/mol. The van der Waals surface area contributed by atoms with Crippen LogP contribution in [0.4, 0.5) is 11.4 Å². The van der Waals surface area contributed by atoms with Crippen molar-refractivity contribution in [2.24, 2.45) is 0 Å². The maximum Gasteiger partial charge on any atom is 0.266 e. The molecule has 3 amide bonds. The minimum absolute atomic E-state index is 0.153. The normalized spacial score (nSPS) is 12.4. The standard InChI is InChI=1S/C25H22N2O6/c1-4-33-21-8-6-5-7-20(21)27-24(29)17-11-9-15(13-18(17)25(27)30)23(28)26-19-12-10-16(31-2)14-22(19)32-3/h5-14H,4H2,1-3H3,(H,26,28). The molecule has 1 N–H and O–H groups in total. The number of carbonyl (C=O) groups excluding carboxylic acids is 3. The zero-order valence-electron chi connectivity index (χ0n) is 18.4. The van der Waals surface area contributed by atoms with E-state index in [1.807, 2.05) is 6.92 Å². The van der Waals surface area contributed by atoms with Gasteiger partial charge in [-0.1, -0.05) is 12.1 Å². The maximum atomic E-state index is 13.2. The van der Waals surface area contributed by atoms with Gasteiger partial charge in [-0.05, 0) is 49.4 Å². The lowest BCUT2D eigenvalue weighted by atomic mass is 10.1. The van der Waals surface area contributed by atoms with Gasteiger partial charge in [0.1, 0.15) is 17.2 Å². The zero-order valence-corrected chi connectivity index (χ0v) is 18.4. The number of para-hydroxylation sites is 2. The van der Waals surface area contributed by atoms with Gasteiger partial charge in [-0.2, -0.15) is 0 Å². The second-order valence-corrected chi connectivity index (χ2v) is 7.13. The Kier molecular flexibility index (Phi) is 5.99. The van der Waals surface area contributed by atoms with Crippen molar-refractivity contribution in [1.82, 2.24) is 0 Å². The Labute approximate surface area is 190 Å². The van der Waals surface area contributed by atoms with Crippen molar-refractivity contribution in [1.29, 1.82) is 0 Å². The van der Waals surface area contributed by atoms with Gasteiger partial charge in [-0.15, -0.1) is 0 Å². The van der Waals surface area contributed by atoms with E-state index in [1.54, 1.807) is 42.5 Å². The number of rotatable bonds is 7. The Morgan fingerprint density at radius 1 is 0.879 bits per heavy atom. The fraction of sp³-hybridized carbons (Fsp3) is 0.160. The summed E-state index contributed by atoms with van der Waals surface area (Å²) in [5.41, 5.74) is 1.41. The third-order valence-corrected chi connectivity index (χ3v) is 5.21. The van der Waals surface area contributed by atoms with Crippen LogP contribution < -0.4 is 24.4 Å². The van der Waals surface area contributed by atoms with Gasteiger partial charge in [0, 0.05) is 11.6 Å². The summed E-state index contributed by atoms with van der Waals surface area (Å²) in [7, 11) is 3.02. The highest BCUT2D eigenvalue weighted by Crippen LogP contribution is 2.35. The molecule has 0 saturated heterocycles. The van der Waals surface area contributed by atoms with Crippen molar-refractivity contribution in [3.8, 4) is 17.2 Å². The molecule has 8 heteroatoms. The van der Waals surface area contributed by atoms with Gasteiger partial charge in [-0.3, -0.25) is 14.4 Å². The molecule has 0 aromatic heterocycles. The topological polar surface area (TPSA) is 94.2 Å². The molecule has 0 saturated carbocycles. The van der Waals surface area contributed by atoms with Crippen molar-refractivity contribution in [3.63, 3.8) is 0 Å². The number of amides is 3. The first-order valence-corrected chi connectivity index (χ1v) is 10.3. The van der Waals surface area contributed by atoms with Gasteiger partial charge in [0.25, 0.3) is 17.7 Å². The predicted molar refractivity (Wildman–Crippen MR) is 123 cm³/mol. The van der Waals surface area contributed by atoms with E-state index in [2.05, 4.69) is 5.32 Å². The molecule has 0 aliphatic carbocycles. The average molecular weight is 446 g/mol. The summed E-state index contributed by atoms with van der Waals surface area (Å²) in [4.78, 5) is 40.1. The van der Waals surface area contributed by atoms with Crippen LogP contribution in [-0.2, 0) is 0 Å². The van der Waals surface area contributed by atoms with Crippen LogP contribution >= 0.6 is 0 Å². The van der Waals surface area contributed by atoms with Crippen LogP contribution in [0.2, 0.25) is 0 Å². The number of methoxy groups -OCH3 is 2. The maximum absolute atomic E-state index is 13.2. The summed E-state index contributed by atoms with van der Waals surface area (Å²) in [6.45, 7) is 2.21. The van der Waals surface area contributed by atoms with Crippen LogP contribution in [0.15, 0.2) is 60.7 Å². The lowest BCUT2D eigenvalue weighted by Gasteiger charge is -2.17. The quantitative estimate of drug-likeness (QED) is 0.548. The molecular formula is C25H22N2O6. The van der Waals surface area contributed by atoms with Crippen molar-refractivity contribution in [2.45, 2.75) is 6.92 Å². The summed E-state index contributed by atoms with van der Waals surface area (Å²) in [5.74, 6) is 0.00579. The minimum Gasteiger partial charge on any atom is -0.497 e. The summed E-state index contributed by atoms with van der Waals surface area (Å²) in [6, 6.07) is 16.2. The molecule has 0 radical (unpaired) electrons. The van der Waals surface area contributed by atoms with Crippen LogP contribution in [0.5, 0.6) is 17.2 Å². The molecular weight excluding hydrogens is 424 g/mol. The number of benzene rings is 3. The molecule has 8 nitrogen and oxygen atoms in total. The second-order valence-electron chi connectivity index (χ2n) is 7.13. The number of ether oxygens (including phenoxy) is 3. The number of anilines is 2. The third kappa shape index (κ3) is 3.98. The summed E-state index contributed by atoms with van der Waals surface area (Å²) < 4.78 is 16.1. The Balaban J connectivity index is 1.63. The number of fused-ring (bicyclic) bond motifs is 1. The predicted octanol–water partition coefficient (Wildman–Crippen LogP) is 4.16. The first kappa shape index (κ1) is 21.9. The van der Waals surface area contributed by atoms with Crippen LogP contribution in [0, 0.1) is 0 Å². The molecule has 0 atom stereocenters. The lowest BCUT2D eigenvalue weighted by molar-refractivity contribution is 0.0924. The zero-order chi connectivity index (χ0) is 23.5. The van der Waals surface area contributed by atoms with Gasteiger partial charge in [-0.25, -0.2) is 4.90 Å². The van der Waals surface area contributed by atoms with E-state index in [9.17, 15) is 14.4 Å². The Morgan fingerprint density at radius 3 is 2.36 bits per heavy atom. The molecule has 168 valence electrons. The second kappa shape index (κ2) is 9.04. The van der Waals surface area contributed by atoms with Crippen molar-refractivity contribution < 1.29 is 28.6 Å². The molecule has 3 aromatic rings. The van der Waals surface area contributed by atoms with Gasteiger partial charge in [0.2, 0.25) is 0 Å². The van der Waals surface area contributed by atoms with Crippen LogP contribution in [0.25, 0.3) is 0 Å². The highest BCUT2D eigenvalue weighted by Gasteiger charge is 2.38. The largest absolute Gasteiger partial charge is 0.497 e. The number of carbonyl (C=O) groups is 3. The molecule has 1 aliphatic rings. The highest BCUT2D eigenvalue weighted by atomic mass is 16.5. The van der Waals surface area contributed by atoms with E-state index < -0.39 is 17.7 Å². The molecule has 3 aromatic carbocycles. The molecule has 4 rings (SSSR count). The molecule has 33 heavy (non-hydrogen) atoms. The third-order valence-electron chi connectivity index (χ3n) is 5.21. The highest BCUT2D eigenvalue weighted by molar-refractivity contribution is 6.35. The lowest BCUT2D eigenvalue weighted by Crippen LogP contribution is -2.29. The van der Waals surface area contributed by atoms with Crippen LogP contribution in [-0.4, -0.2) is 38.5 Å². The van der Waals surface area contributed by atoms with E-state index in [-0.39, 0.29) is 16.7 Å². The SMILES string of the molecule is CCOc1ccccc1N1C(=O)c2ccc(C(=O)Nc3ccc(OC)cc3OC)cc2C1=O. The van der Waals surface area contributed by atoms with Crippen molar-refractivity contribution in [3.05, 3.63) is 77.4 Å². The smallest absolute Gasteiger partial charge is 0.266 e.